The monoisotopic (exact) mass is 604 g/mol. The molecule has 1 aromatic heterocycles. The lowest BCUT2D eigenvalue weighted by molar-refractivity contribution is -0.144. The summed E-state index contributed by atoms with van der Waals surface area (Å²) < 4.78 is 5.70. The van der Waals surface area contributed by atoms with E-state index in [0.717, 1.165) is 35.1 Å². The first kappa shape index (κ1) is 29.3. The van der Waals surface area contributed by atoms with Crippen molar-refractivity contribution in [2.45, 2.75) is 37.8 Å². The van der Waals surface area contributed by atoms with Crippen molar-refractivity contribution in [1.29, 1.82) is 0 Å². The number of benzene rings is 4. The quantitative estimate of drug-likeness (QED) is 0.176. The van der Waals surface area contributed by atoms with E-state index in [4.69, 9.17) is 16.1 Å². The number of carbonyl (C=O) groups excluding carboxylic acids is 2. The number of hydrogen-bond acceptors (Lipinski definition) is 5. The highest BCUT2D eigenvalue weighted by Crippen LogP contribution is 2.33. The van der Waals surface area contributed by atoms with Crippen LogP contribution in [-0.4, -0.2) is 44.8 Å². The molecule has 1 aliphatic rings. The van der Waals surface area contributed by atoms with Crippen LogP contribution in [0.3, 0.4) is 0 Å². The zero-order chi connectivity index (χ0) is 30.3. The average Bonchev–Trinajstić information content (AvgIpc) is 3.57. The van der Waals surface area contributed by atoms with E-state index in [-0.39, 0.29) is 24.4 Å². The molecule has 5 aromatic rings. The molecule has 2 heterocycles. The Morgan fingerprint density at radius 1 is 0.841 bits per heavy atom. The van der Waals surface area contributed by atoms with Gasteiger partial charge < -0.3 is 14.3 Å². The Morgan fingerprint density at radius 2 is 1.45 bits per heavy atom. The maximum atomic E-state index is 14.5. The van der Waals surface area contributed by atoms with E-state index in [9.17, 15) is 9.59 Å². The molecular formula is C36H33ClN4O3. The summed E-state index contributed by atoms with van der Waals surface area (Å²) in [7, 11) is 0. The molecule has 0 saturated carbocycles. The number of piperidine rings is 1. The number of halogens is 1. The zero-order valence-electron chi connectivity index (χ0n) is 24.3. The van der Waals surface area contributed by atoms with Crippen molar-refractivity contribution in [3.05, 3.63) is 143 Å². The van der Waals surface area contributed by atoms with Gasteiger partial charge in [-0.25, -0.2) is 0 Å². The predicted molar refractivity (Wildman–Crippen MR) is 170 cm³/mol. The Bertz CT molecular complexity index is 1640. The number of hydrogen-bond donors (Lipinski definition) is 0. The SMILES string of the molecule is O=C(C(c1ccccc1)c1ccccc1)N(CC(=O)N1CCCCC1c1nc(-c2ccc(Cl)cc2)no1)Cc1ccccc1. The smallest absolute Gasteiger partial charge is 0.249 e. The minimum Gasteiger partial charge on any atom is -0.337 e. The van der Waals surface area contributed by atoms with Crippen LogP contribution in [0.15, 0.2) is 120 Å². The molecule has 0 aliphatic carbocycles. The molecule has 0 N–H and O–H groups in total. The van der Waals surface area contributed by atoms with E-state index >= 15 is 0 Å². The molecule has 2 amide bonds. The summed E-state index contributed by atoms with van der Waals surface area (Å²) in [6, 6.07) is 36.1. The number of aromatic nitrogens is 2. The Balaban J connectivity index is 1.29. The van der Waals surface area contributed by atoms with Crippen LogP contribution in [0.25, 0.3) is 11.4 Å². The van der Waals surface area contributed by atoms with E-state index in [1.807, 2.05) is 103 Å². The minimum atomic E-state index is -0.552. The molecule has 6 rings (SSSR count). The molecule has 222 valence electrons. The van der Waals surface area contributed by atoms with Crippen molar-refractivity contribution in [1.82, 2.24) is 19.9 Å². The summed E-state index contributed by atoms with van der Waals surface area (Å²) in [5.74, 6) is 0.0180. The molecular weight excluding hydrogens is 572 g/mol. The average molecular weight is 605 g/mol. The van der Waals surface area contributed by atoms with E-state index < -0.39 is 5.92 Å². The third kappa shape index (κ3) is 6.74. The lowest BCUT2D eigenvalue weighted by Crippen LogP contribution is -2.47. The highest BCUT2D eigenvalue weighted by atomic mass is 35.5. The van der Waals surface area contributed by atoms with Gasteiger partial charge in [0.25, 0.3) is 0 Å². The minimum absolute atomic E-state index is 0.0709. The second-order valence-electron chi connectivity index (χ2n) is 11.0. The maximum Gasteiger partial charge on any atom is 0.249 e. The molecule has 1 atom stereocenters. The first-order valence-corrected chi connectivity index (χ1v) is 15.3. The van der Waals surface area contributed by atoms with Gasteiger partial charge in [-0.05, 0) is 60.2 Å². The van der Waals surface area contributed by atoms with Gasteiger partial charge in [-0.15, -0.1) is 0 Å². The van der Waals surface area contributed by atoms with Crippen LogP contribution >= 0.6 is 11.6 Å². The van der Waals surface area contributed by atoms with Gasteiger partial charge in [0, 0.05) is 23.7 Å². The molecule has 1 saturated heterocycles. The van der Waals surface area contributed by atoms with Crippen molar-refractivity contribution < 1.29 is 14.1 Å². The van der Waals surface area contributed by atoms with Gasteiger partial charge in [-0.3, -0.25) is 9.59 Å². The fourth-order valence-electron chi connectivity index (χ4n) is 5.79. The van der Waals surface area contributed by atoms with Crippen LogP contribution in [0.2, 0.25) is 5.02 Å². The molecule has 44 heavy (non-hydrogen) atoms. The topological polar surface area (TPSA) is 79.5 Å². The fourth-order valence-corrected chi connectivity index (χ4v) is 5.92. The Hall–Kier alpha value is -4.75. The van der Waals surface area contributed by atoms with E-state index in [0.29, 0.717) is 36.2 Å². The molecule has 8 heteroatoms. The second kappa shape index (κ2) is 13.7. The van der Waals surface area contributed by atoms with Crippen molar-refractivity contribution in [3.63, 3.8) is 0 Å². The molecule has 7 nitrogen and oxygen atoms in total. The summed E-state index contributed by atoms with van der Waals surface area (Å²) >= 11 is 6.05. The highest BCUT2D eigenvalue weighted by molar-refractivity contribution is 6.30. The molecule has 0 radical (unpaired) electrons. The van der Waals surface area contributed by atoms with Crippen LogP contribution in [0.5, 0.6) is 0 Å². The normalized spacial score (nSPS) is 14.9. The van der Waals surface area contributed by atoms with Crippen molar-refractivity contribution in [3.8, 4) is 11.4 Å². The van der Waals surface area contributed by atoms with Gasteiger partial charge in [0.15, 0.2) is 0 Å². The van der Waals surface area contributed by atoms with Gasteiger partial charge in [-0.2, -0.15) is 4.98 Å². The summed E-state index contributed by atoms with van der Waals surface area (Å²) in [5.41, 5.74) is 3.50. The molecule has 1 aliphatic heterocycles. The van der Waals surface area contributed by atoms with Crippen LogP contribution < -0.4 is 0 Å². The third-order valence-corrected chi connectivity index (χ3v) is 8.27. The van der Waals surface area contributed by atoms with Crippen molar-refractivity contribution in [2.24, 2.45) is 0 Å². The third-order valence-electron chi connectivity index (χ3n) is 8.02. The largest absolute Gasteiger partial charge is 0.337 e. The number of rotatable bonds is 9. The Morgan fingerprint density at radius 3 is 2.09 bits per heavy atom. The number of amides is 2. The first-order valence-electron chi connectivity index (χ1n) is 14.9. The van der Waals surface area contributed by atoms with Crippen molar-refractivity contribution in [2.75, 3.05) is 13.1 Å². The van der Waals surface area contributed by atoms with Crippen molar-refractivity contribution >= 4 is 23.4 Å². The second-order valence-corrected chi connectivity index (χ2v) is 11.4. The number of carbonyl (C=O) groups is 2. The summed E-state index contributed by atoms with van der Waals surface area (Å²) in [6.45, 7) is 0.788. The number of likely N-dealkylation sites (tertiary alicyclic amines) is 1. The number of nitrogens with zero attached hydrogens (tertiary/aromatic N) is 4. The van der Waals surface area contributed by atoms with Gasteiger partial charge in [0.05, 0.1) is 5.92 Å². The molecule has 4 aromatic carbocycles. The molecule has 1 unspecified atom stereocenters. The highest BCUT2D eigenvalue weighted by Gasteiger charge is 2.35. The van der Waals surface area contributed by atoms with Crippen LogP contribution in [0, 0.1) is 0 Å². The molecule has 1 fully saturated rings. The Kier molecular flexibility index (Phi) is 9.13. The standard InChI is InChI=1S/C36H33ClN4O3/c37-30-21-19-29(20-22-30)34-38-35(44-39-34)31-18-10-11-23-41(31)32(42)25-40(24-26-12-4-1-5-13-26)36(43)33(27-14-6-2-7-15-27)28-16-8-3-9-17-28/h1-9,12-17,19-22,31,33H,10-11,18,23-25H2. The van der Waals surface area contributed by atoms with E-state index in [1.54, 1.807) is 21.9 Å². The van der Waals surface area contributed by atoms with E-state index in [1.165, 1.54) is 0 Å². The summed E-state index contributed by atoms with van der Waals surface area (Å²) in [6.07, 6.45) is 2.50. The van der Waals surface area contributed by atoms with Gasteiger partial charge in [-0.1, -0.05) is 108 Å². The van der Waals surface area contributed by atoms with Crippen LogP contribution in [0.4, 0.5) is 0 Å². The fraction of sp³-hybridized carbons (Fsp3) is 0.222. The van der Waals surface area contributed by atoms with Crippen LogP contribution in [-0.2, 0) is 16.1 Å². The first-order chi connectivity index (χ1) is 21.6. The van der Waals surface area contributed by atoms with Gasteiger partial charge in [0.2, 0.25) is 23.5 Å². The lowest BCUT2D eigenvalue weighted by atomic mass is 9.89. The molecule has 0 bridgehead atoms. The lowest BCUT2D eigenvalue weighted by Gasteiger charge is -2.36. The zero-order valence-corrected chi connectivity index (χ0v) is 25.0. The van der Waals surface area contributed by atoms with E-state index in [2.05, 4.69) is 10.1 Å². The predicted octanol–water partition coefficient (Wildman–Crippen LogP) is 7.30. The summed E-state index contributed by atoms with van der Waals surface area (Å²) in [4.78, 5) is 36.8. The Labute approximate surface area is 262 Å². The maximum absolute atomic E-state index is 14.5. The van der Waals surface area contributed by atoms with Gasteiger partial charge >= 0.3 is 0 Å². The molecule has 0 spiro atoms. The van der Waals surface area contributed by atoms with Crippen LogP contribution in [0.1, 0.15) is 53.8 Å². The summed E-state index contributed by atoms with van der Waals surface area (Å²) in [5, 5.41) is 4.81. The van der Waals surface area contributed by atoms with Gasteiger partial charge in [0.1, 0.15) is 12.6 Å².